The van der Waals surface area contributed by atoms with E-state index >= 15 is 0 Å². The molecule has 1 N–H and O–H groups in total. The van der Waals surface area contributed by atoms with Crippen molar-refractivity contribution in [1.82, 2.24) is 4.90 Å². The Kier molecular flexibility index (Phi) is 6.79. The van der Waals surface area contributed by atoms with Gasteiger partial charge < -0.3 is 14.6 Å². The molecule has 1 amide bonds. The van der Waals surface area contributed by atoms with Gasteiger partial charge >= 0.3 is 5.97 Å². The van der Waals surface area contributed by atoms with Gasteiger partial charge in [0, 0.05) is 10.6 Å². The zero-order valence-corrected chi connectivity index (χ0v) is 17.6. The van der Waals surface area contributed by atoms with Gasteiger partial charge in [0.05, 0.1) is 12.0 Å². The van der Waals surface area contributed by atoms with Crippen LogP contribution in [0.4, 0.5) is 0 Å². The highest BCUT2D eigenvalue weighted by molar-refractivity contribution is 8.26. The number of amides is 1. The van der Waals surface area contributed by atoms with Crippen LogP contribution in [0.5, 0.6) is 11.5 Å². The lowest BCUT2D eigenvalue weighted by Gasteiger charge is -2.14. The number of benzene rings is 2. The number of ether oxygens (including phenoxy) is 2. The van der Waals surface area contributed by atoms with Crippen LogP contribution in [-0.4, -0.2) is 39.9 Å². The summed E-state index contributed by atoms with van der Waals surface area (Å²) < 4.78 is 11.6. The van der Waals surface area contributed by atoms with Gasteiger partial charge in [0.2, 0.25) is 0 Å². The molecule has 1 aliphatic heterocycles. The Morgan fingerprint density at radius 2 is 2.00 bits per heavy atom. The fourth-order valence-electron chi connectivity index (χ4n) is 2.61. The summed E-state index contributed by atoms with van der Waals surface area (Å²) in [5, 5.41) is 9.60. The topological polar surface area (TPSA) is 76.1 Å². The minimum Gasteiger partial charge on any atom is -0.493 e. The summed E-state index contributed by atoms with van der Waals surface area (Å²) in [6.45, 7) is -0.196. The van der Waals surface area contributed by atoms with Crippen LogP contribution in [0.15, 0.2) is 47.4 Å². The number of carboxylic acid groups (broad SMARTS) is 1. The number of thioether (sulfide) groups is 1. The lowest BCUT2D eigenvalue weighted by atomic mass is 10.1. The summed E-state index contributed by atoms with van der Waals surface area (Å²) in [7, 11) is 1.53. The first kappa shape index (κ1) is 21.2. The molecule has 6 nitrogen and oxygen atoms in total. The Hall–Kier alpha value is -2.55. The van der Waals surface area contributed by atoms with Crippen molar-refractivity contribution in [2.24, 2.45) is 0 Å². The third-order valence-electron chi connectivity index (χ3n) is 3.98. The number of carbonyl (C=O) groups is 2. The average molecular weight is 450 g/mol. The number of thiocarbonyl (C=S) groups is 1. The zero-order valence-electron chi connectivity index (χ0n) is 15.3. The molecule has 9 heteroatoms. The normalized spacial score (nSPS) is 15.1. The van der Waals surface area contributed by atoms with E-state index in [1.165, 1.54) is 7.11 Å². The number of aliphatic carboxylic acids is 1. The highest BCUT2D eigenvalue weighted by Gasteiger charge is 2.33. The highest BCUT2D eigenvalue weighted by Crippen LogP contribution is 2.37. The Morgan fingerprint density at radius 1 is 1.28 bits per heavy atom. The van der Waals surface area contributed by atoms with Crippen LogP contribution in [0.1, 0.15) is 11.1 Å². The molecule has 3 rings (SSSR count). The maximum atomic E-state index is 12.5. The zero-order chi connectivity index (χ0) is 21.0. The van der Waals surface area contributed by atoms with E-state index in [1.54, 1.807) is 36.4 Å². The van der Waals surface area contributed by atoms with Crippen LogP contribution in [0.2, 0.25) is 5.02 Å². The fourth-order valence-corrected chi connectivity index (χ4v) is 3.98. The number of rotatable bonds is 7. The molecule has 2 aromatic rings. The number of hydrogen-bond donors (Lipinski definition) is 1. The molecule has 29 heavy (non-hydrogen) atoms. The number of hydrogen-bond acceptors (Lipinski definition) is 6. The van der Waals surface area contributed by atoms with Crippen LogP contribution >= 0.6 is 35.6 Å². The number of nitrogens with zero attached hydrogens (tertiary/aromatic N) is 1. The van der Waals surface area contributed by atoms with E-state index in [0.717, 1.165) is 22.2 Å². The lowest BCUT2D eigenvalue weighted by Crippen LogP contribution is -2.33. The van der Waals surface area contributed by atoms with E-state index in [1.807, 2.05) is 12.1 Å². The van der Waals surface area contributed by atoms with Crippen molar-refractivity contribution in [3.63, 3.8) is 0 Å². The maximum Gasteiger partial charge on any atom is 0.323 e. The molecule has 1 fully saturated rings. The fraction of sp³-hybridized carbons (Fsp3) is 0.150. The van der Waals surface area contributed by atoms with E-state index in [-0.39, 0.29) is 10.9 Å². The number of carboxylic acids is 1. The molecule has 0 radical (unpaired) electrons. The van der Waals surface area contributed by atoms with Gasteiger partial charge in [-0.1, -0.05) is 59.8 Å². The van der Waals surface area contributed by atoms with Gasteiger partial charge in [-0.3, -0.25) is 14.5 Å². The number of carbonyl (C=O) groups excluding carboxylic acids is 1. The molecule has 0 bridgehead atoms. The van der Waals surface area contributed by atoms with E-state index in [9.17, 15) is 9.59 Å². The van der Waals surface area contributed by atoms with Crippen LogP contribution in [0, 0.1) is 0 Å². The Balaban J connectivity index is 1.88. The lowest BCUT2D eigenvalue weighted by molar-refractivity contribution is -0.140. The van der Waals surface area contributed by atoms with Crippen molar-refractivity contribution >= 4 is 57.9 Å². The van der Waals surface area contributed by atoms with Crippen molar-refractivity contribution in [3.05, 3.63) is 63.5 Å². The molecule has 150 valence electrons. The van der Waals surface area contributed by atoms with Gasteiger partial charge in [-0.25, -0.2) is 0 Å². The number of methoxy groups -OCH3 is 1. The van der Waals surface area contributed by atoms with Crippen molar-refractivity contribution < 1.29 is 24.2 Å². The molecule has 0 aliphatic carbocycles. The van der Waals surface area contributed by atoms with Crippen molar-refractivity contribution in [3.8, 4) is 11.5 Å². The van der Waals surface area contributed by atoms with Gasteiger partial charge in [0.25, 0.3) is 5.91 Å². The number of para-hydroxylation sites is 1. The summed E-state index contributed by atoms with van der Waals surface area (Å²) in [6.07, 6.45) is 1.63. The smallest absolute Gasteiger partial charge is 0.323 e. The minimum atomic E-state index is -1.13. The summed E-state index contributed by atoms with van der Waals surface area (Å²) in [5.41, 5.74) is 1.54. The molecule has 1 saturated heterocycles. The Morgan fingerprint density at radius 3 is 2.66 bits per heavy atom. The minimum absolute atomic E-state index is 0.204. The molecule has 0 atom stereocenters. The van der Waals surface area contributed by atoms with Gasteiger partial charge in [-0.15, -0.1) is 0 Å². The third kappa shape index (κ3) is 5.09. The summed E-state index contributed by atoms with van der Waals surface area (Å²) >= 11 is 12.1. The highest BCUT2D eigenvalue weighted by atomic mass is 35.5. The molecule has 2 aromatic carbocycles. The van der Waals surface area contributed by atoms with Crippen molar-refractivity contribution in [1.29, 1.82) is 0 Å². The monoisotopic (exact) mass is 449 g/mol. The largest absolute Gasteiger partial charge is 0.493 e. The second-order valence-corrected chi connectivity index (χ2v) is 8.07. The van der Waals surface area contributed by atoms with Crippen LogP contribution in [0.3, 0.4) is 0 Å². The van der Waals surface area contributed by atoms with E-state index < -0.39 is 18.4 Å². The first-order valence-corrected chi connectivity index (χ1v) is 10.0. The third-order valence-corrected chi connectivity index (χ3v) is 5.61. The number of halogens is 1. The predicted molar refractivity (Wildman–Crippen MR) is 116 cm³/mol. The standard InChI is InChI=1S/C20H16ClNO5S2/c1-26-15-4-2-3-13(18(15)27-11-12-5-7-14(21)8-6-12)9-16-19(25)22(10-17(23)24)20(28)29-16/h2-9H,10-11H2,1H3,(H,23,24). The predicted octanol–water partition coefficient (Wildman–Crippen LogP) is 4.21. The van der Waals surface area contributed by atoms with Crippen LogP contribution in [-0.2, 0) is 16.2 Å². The van der Waals surface area contributed by atoms with Gasteiger partial charge in [-0.2, -0.15) is 0 Å². The molecule has 0 spiro atoms. The van der Waals surface area contributed by atoms with Crippen LogP contribution in [0.25, 0.3) is 6.08 Å². The molecule has 1 heterocycles. The van der Waals surface area contributed by atoms with Gasteiger partial charge in [-0.05, 0) is 29.8 Å². The molecular formula is C20H16ClNO5S2. The van der Waals surface area contributed by atoms with E-state index in [2.05, 4.69) is 0 Å². The molecule has 0 aromatic heterocycles. The molecule has 1 aliphatic rings. The van der Waals surface area contributed by atoms with Gasteiger partial charge in [0.1, 0.15) is 17.5 Å². The second kappa shape index (κ2) is 9.30. The second-order valence-electron chi connectivity index (χ2n) is 5.96. The Bertz CT molecular complexity index is 991. The molecular weight excluding hydrogens is 434 g/mol. The van der Waals surface area contributed by atoms with Crippen molar-refractivity contribution in [2.45, 2.75) is 6.61 Å². The summed E-state index contributed by atoms with van der Waals surface area (Å²) in [6, 6.07) is 12.6. The first-order chi connectivity index (χ1) is 13.9. The summed E-state index contributed by atoms with van der Waals surface area (Å²) in [4.78, 5) is 24.9. The van der Waals surface area contributed by atoms with E-state index in [4.69, 9.17) is 38.4 Å². The van der Waals surface area contributed by atoms with Crippen LogP contribution < -0.4 is 9.47 Å². The summed E-state index contributed by atoms with van der Waals surface area (Å²) in [5.74, 6) is -0.605. The Labute approximate surface area is 182 Å². The SMILES string of the molecule is COc1cccc(C=C2SC(=S)N(CC(=O)O)C2=O)c1OCc1ccc(Cl)cc1. The maximum absolute atomic E-state index is 12.5. The van der Waals surface area contributed by atoms with Gasteiger partial charge in [0.15, 0.2) is 11.5 Å². The molecule has 0 saturated carbocycles. The quantitative estimate of drug-likeness (QED) is 0.501. The van der Waals surface area contributed by atoms with Crippen molar-refractivity contribution in [2.75, 3.05) is 13.7 Å². The molecule has 0 unspecified atom stereocenters. The van der Waals surface area contributed by atoms with E-state index in [0.29, 0.717) is 27.0 Å². The first-order valence-electron chi connectivity index (χ1n) is 8.40. The average Bonchev–Trinajstić information content (AvgIpc) is 2.95.